The van der Waals surface area contributed by atoms with Crippen LogP contribution in [0.15, 0.2) is 36.5 Å². The van der Waals surface area contributed by atoms with Crippen molar-refractivity contribution in [2.75, 3.05) is 0 Å². The molecule has 3 nitrogen and oxygen atoms in total. The lowest BCUT2D eigenvalue weighted by atomic mass is 10.2. The zero-order valence-electron chi connectivity index (χ0n) is 9.73. The minimum atomic E-state index is -0.527. The van der Waals surface area contributed by atoms with E-state index in [0.29, 0.717) is 11.6 Å². The summed E-state index contributed by atoms with van der Waals surface area (Å²) in [5.41, 5.74) is 6.61. The van der Waals surface area contributed by atoms with Crippen molar-refractivity contribution in [1.29, 1.82) is 0 Å². The largest absolute Gasteiger partial charge is 0.439 e. The summed E-state index contributed by atoms with van der Waals surface area (Å²) in [6, 6.07) is 7.64. The van der Waals surface area contributed by atoms with Gasteiger partial charge in [0.2, 0.25) is 5.88 Å². The Morgan fingerprint density at radius 2 is 2.11 bits per heavy atom. The normalized spacial score (nSPS) is 12.2. The lowest BCUT2D eigenvalue weighted by molar-refractivity contribution is 0.457. The second-order valence-corrected chi connectivity index (χ2v) is 4.30. The van der Waals surface area contributed by atoms with Gasteiger partial charge in [0.25, 0.3) is 0 Å². The van der Waals surface area contributed by atoms with Gasteiger partial charge in [-0.1, -0.05) is 17.7 Å². The third-order valence-electron chi connectivity index (χ3n) is 2.40. The van der Waals surface area contributed by atoms with Crippen LogP contribution in [0.4, 0.5) is 4.39 Å². The second-order valence-electron chi connectivity index (χ2n) is 3.90. The first-order valence-electron chi connectivity index (χ1n) is 5.40. The van der Waals surface area contributed by atoms with Gasteiger partial charge in [0.05, 0.1) is 5.02 Å². The molecule has 0 unspecified atom stereocenters. The fourth-order valence-electron chi connectivity index (χ4n) is 1.38. The van der Waals surface area contributed by atoms with Crippen LogP contribution in [0.3, 0.4) is 0 Å². The summed E-state index contributed by atoms with van der Waals surface area (Å²) in [5, 5.41) is 0.0580. The van der Waals surface area contributed by atoms with E-state index in [4.69, 9.17) is 22.1 Å². The van der Waals surface area contributed by atoms with E-state index >= 15 is 0 Å². The summed E-state index contributed by atoms with van der Waals surface area (Å²) >= 11 is 5.58. The molecule has 0 spiro atoms. The maximum Gasteiger partial charge on any atom is 0.219 e. The van der Waals surface area contributed by atoms with Gasteiger partial charge in [-0.15, -0.1) is 0 Å². The Bertz CT molecular complexity index is 543. The molecule has 5 heteroatoms. The molecule has 94 valence electrons. The van der Waals surface area contributed by atoms with Gasteiger partial charge in [-0.2, -0.15) is 0 Å². The molecule has 0 bridgehead atoms. The summed E-state index contributed by atoms with van der Waals surface area (Å²) < 4.78 is 18.6. The number of rotatable bonds is 3. The lowest BCUT2D eigenvalue weighted by Gasteiger charge is -2.07. The fourth-order valence-corrected chi connectivity index (χ4v) is 1.50. The molecule has 1 aromatic heterocycles. The predicted molar refractivity (Wildman–Crippen MR) is 68.3 cm³/mol. The zero-order valence-corrected chi connectivity index (χ0v) is 10.5. The Balaban J connectivity index is 2.15. The highest BCUT2D eigenvalue weighted by atomic mass is 35.5. The topological polar surface area (TPSA) is 48.1 Å². The van der Waals surface area contributed by atoms with Crippen LogP contribution in [0.1, 0.15) is 18.5 Å². The molecular formula is C13H12ClFN2O. The number of benzene rings is 1. The molecule has 0 saturated heterocycles. The highest BCUT2D eigenvalue weighted by molar-refractivity contribution is 6.30. The number of aromatic nitrogens is 1. The van der Waals surface area contributed by atoms with Crippen LogP contribution in [0, 0.1) is 5.82 Å². The maximum atomic E-state index is 13.2. The molecule has 0 aliphatic rings. The van der Waals surface area contributed by atoms with Gasteiger partial charge in [0, 0.05) is 24.4 Å². The van der Waals surface area contributed by atoms with Gasteiger partial charge in [-0.05, 0) is 24.6 Å². The summed E-state index contributed by atoms with van der Waals surface area (Å²) in [6.07, 6.45) is 1.63. The summed E-state index contributed by atoms with van der Waals surface area (Å²) in [4.78, 5) is 4.09. The molecule has 2 aromatic rings. The van der Waals surface area contributed by atoms with Crippen molar-refractivity contribution in [2.24, 2.45) is 5.73 Å². The summed E-state index contributed by atoms with van der Waals surface area (Å²) in [6.45, 7) is 1.87. The van der Waals surface area contributed by atoms with Crippen molar-refractivity contribution < 1.29 is 9.13 Å². The quantitative estimate of drug-likeness (QED) is 0.922. The van der Waals surface area contributed by atoms with Crippen LogP contribution in [0.25, 0.3) is 0 Å². The lowest BCUT2D eigenvalue weighted by Crippen LogP contribution is -2.05. The Hall–Kier alpha value is -1.65. The molecule has 2 rings (SSSR count). The van der Waals surface area contributed by atoms with Crippen molar-refractivity contribution in [3.05, 3.63) is 52.9 Å². The monoisotopic (exact) mass is 266 g/mol. The number of hydrogen-bond donors (Lipinski definition) is 1. The van der Waals surface area contributed by atoms with Crippen LogP contribution in [0.5, 0.6) is 11.6 Å². The van der Waals surface area contributed by atoms with E-state index in [2.05, 4.69) is 4.98 Å². The first kappa shape index (κ1) is 12.8. The molecule has 0 radical (unpaired) electrons. The van der Waals surface area contributed by atoms with Crippen LogP contribution < -0.4 is 10.5 Å². The Labute approximate surface area is 109 Å². The predicted octanol–water partition coefficient (Wildman–Crippen LogP) is 3.69. The molecular weight excluding hydrogens is 255 g/mol. The van der Waals surface area contributed by atoms with E-state index in [1.807, 2.05) is 13.0 Å². The third-order valence-corrected chi connectivity index (χ3v) is 2.71. The summed E-state index contributed by atoms with van der Waals surface area (Å²) in [5.74, 6) is 0.195. The van der Waals surface area contributed by atoms with Crippen molar-refractivity contribution in [3.63, 3.8) is 0 Å². The molecule has 0 aliphatic carbocycles. The molecule has 1 aromatic carbocycles. The molecule has 0 amide bonds. The zero-order chi connectivity index (χ0) is 13.1. The van der Waals surface area contributed by atoms with Crippen molar-refractivity contribution in [2.45, 2.75) is 13.0 Å². The van der Waals surface area contributed by atoms with Gasteiger partial charge in [-0.25, -0.2) is 9.37 Å². The Kier molecular flexibility index (Phi) is 3.79. The number of halogens is 2. The number of nitrogens with two attached hydrogens (primary N) is 1. The number of hydrogen-bond acceptors (Lipinski definition) is 3. The van der Waals surface area contributed by atoms with Gasteiger partial charge < -0.3 is 10.5 Å². The van der Waals surface area contributed by atoms with Crippen LogP contribution in [0.2, 0.25) is 5.02 Å². The molecule has 0 fully saturated rings. The van der Waals surface area contributed by atoms with Crippen LogP contribution in [-0.4, -0.2) is 4.98 Å². The van der Waals surface area contributed by atoms with Crippen molar-refractivity contribution >= 4 is 11.6 Å². The molecule has 1 atom stereocenters. The van der Waals surface area contributed by atoms with Crippen molar-refractivity contribution in [1.82, 2.24) is 4.98 Å². The minimum absolute atomic E-state index is 0.0580. The van der Waals surface area contributed by atoms with Gasteiger partial charge in [0.1, 0.15) is 11.6 Å². The number of ether oxygens (including phenoxy) is 1. The molecule has 18 heavy (non-hydrogen) atoms. The average molecular weight is 267 g/mol. The maximum absolute atomic E-state index is 13.2. The van der Waals surface area contributed by atoms with E-state index in [-0.39, 0.29) is 11.1 Å². The third kappa shape index (κ3) is 2.97. The van der Waals surface area contributed by atoms with E-state index < -0.39 is 5.82 Å². The smallest absolute Gasteiger partial charge is 0.219 e. The molecule has 1 heterocycles. The Morgan fingerprint density at radius 3 is 2.67 bits per heavy atom. The summed E-state index contributed by atoms with van der Waals surface area (Å²) in [7, 11) is 0. The van der Waals surface area contributed by atoms with E-state index in [0.717, 1.165) is 5.56 Å². The first-order valence-corrected chi connectivity index (χ1v) is 5.78. The average Bonchev–Trinajstić information content (AvgIpc) is 2.34. The standard InChI is InChI=1S/C13H12ClFN2O/c1-8(16)9-2-5-13(17-7-9)18-10-3-4-11(14)12(15)6-10/h2-8H,16H2,1H3/t8-/m0/s1. The van der Waals surface area contributed by atoms with Crippen LogP contribution >= 0.6 is 11.6 Å². The number of pyridine rings is 1. The van der Waals surface area contributed by atoms with Crippen LogP contribution in [-0.2, 0) is 0 Å². The highest BCUT2D eigenvalue weighted by Gasteiger charge is 2.05. The van der Waals surface area contributed by atoms with Gasteiger partial charge in [0.15, 0.2) is 0 Å². The van der Waals surface area contributed by atoms with Crippen molar-refractivity contribution in [3.8, 4) is 11.6 Å². The SMILES string of the molecule is C[C@H](N)c1ccc(Oc2ccc(Cl)c(F)c2)nc1. The van der Waals surface area contributed by atoms with Gasteiger partial charge in [-0.3, -0.25) is 0 Å². The van der Waals surface area contributed by atoms with E-state index in [1.165, 1.54) is 12.1 Å². The molecule has 0 saturated carbocycles. The number of nitrogens with zero attached hydrogens (tertiary/aromatic N) is 1. The minimum Gasteiger partial charge on any atom is -0.439 e. The van der Waals surface area contributed by atoms with E-state index in [1.54, 1.807) is 18.3 Å². The van der Waals surface area contributed by atoms with Gasteiger partial charge >= 0.3 is 0 Å². The highest BCUT2D eigenvalue weighted by Crippen LogP contribution is 2.24. The fraction of sp³-hybridized carbons (Fsp3) is 0.154. The second kappa shape index (κ2) is 5.33. The Morgan fingerprint density at radius 1 is 1.33 bits per heavy atom. The first-order chi connectivity index (χ1) is 8.56. The molecule has 0 aliphatic heterocycles. The molecule has 2 N–H and O–H groups in total. The van der Waals surface area contributed by atoms with E-state index in [9.17, 15) is 4.39 Å².